The number of nitrogens with zero attached hydrogens (tertiary/aromatic N) is 5. The van der Waals surface area contributed by atoms with Crippen LogP contribution in [0.4, 0.5) is 26.3 Å². The largest absolute Gasteiger partial charge is 0.471 e. The predicted molar refractivity (Wildman–Crippen MR) is 77.0 cm³/mol. The van der Waals surface area contributed by atoms with E-state index in [1.165, 1.54) is 17.3 Å². The molecule has 0 aromatic carbocycles. The molecule has 0 fully saturated rings. The van der Waals surface area contributed by atoms with Crippen molar-refractivity contribution >= 4 is 0 Å². The van der Waals surface area contributed by atoms with Gasteiger partial charge in [-0.1, -0.05) is 20.8 Å². The Morgan fingerprint density at radius 3 is 2.23 bits per heavy atom. The van der Waals surface area contributed by atoms with Crippen molar-refractivity contribution < 1.29 is 31.1 Å². The average Bonchev–Trinajstić information content (AvgIpc) is 3.04. The fraction of sp³-hybridized carbons (Fsp3) is 0.571. The summed E-state index contributed by atoms with van der Waals surface area (Å²) in [6, 6.07) is 0. The van der Waals surface area contributed by atoms with Gasteiger partial charge in [-0.2, -0.15) is 27.1 Å². The van der Waals surface area contributed by atoms with Gasteiger partial charge in [0.15, 0.2) is 12.4 Å². The minimum atomic E-state index is -5.71. The van der Waals surface area contributed by atoms with Gasteiger partial charge in [0.2, 0.25) is 5.88 Å². The summed E-state index contributed by atoms with van der Waals surface area (Å²) in [4.78, 5) is 11.4. The first-order valence-electron chi connectivity index (χ1n) is 7.26. The van der Waals surface area contributed by atoms with Gasteiger partial charge in [0.1, 0.15) is 19.0 Å². The van der Waals surface area contributed by atoms with Gasteiger partial charge in [-0.05, 0) is 5.41 Å². The van der Waals surface area contributed by atoms with E-state index >= 15 is 0 Å². The molecule has 1 atom stereocenters. The molecule has 0 aliphatic rings. The summed E-state index contributed by atoms with van der Waals surface area (Å²) in [6.45, 7) is 3.21. The van der Waals surface area contributed by atoms with Crippen LogP contribution in [-0.2, 0) is 5.41 Å². The van der Waals surface area contributed by atoms with Gasteiger partial charge in [0, 0.05) is 0 Å². The van der Waals surface area contributed by atoms with Crippen molar-refractivity contribution in [1.29, 1.82) is 0 Å². The molecule has 0 saturated heterocycles. The van der Waals surface area contributed by atoms with Crippen LogP contribution < -0.4 is 4.74 Å². The van der Waals surface area contributed by atoms with Gasteiger partial charge in [-0.25, -0.2) is 24.0 Å². The van der Waals surface area contributed by atoms with E-state index in [9.17, 15) is 26.3 Å². The SMILES string of the molecule is CC(C)(C)c1c(OCC(F)(F)C(F)C(F)(F)F)ncnc1-n1cncn1. The number of halogens is 6. The first-order valence-corrected chi connectivity index (χ1v) is 7.26. The fourth-order valence-electron chi connectivity index (χ4n) is 2.09. The van der Waals surface area contributed by atoms with Crippen molar-refractivity contribution in [3.05, 3.63) is 24.5 Å². The van der Waals surface area contributed by atoms with Gasteiger partial charge in [-0.15, -0.1) is 0 Å². The second kappa shape index (κ2) is 6.72. The Labute approximate surface area is 144 Å². The van der Waals surface area contributed by atoms with Gasteiger partial charge in [0.25, 0.3) is 6.17 Å². The molecule has 0 bridgehead atoms. The van der Waals surface area contributed by atoms with E-state index in [-0.39, 0.29) is 11.4 Å². The van der Waals surface area contributed by atoms with Crippen molar-refractivity contribution in [3.8, 4) is 11.7 Å². The summed E-state index contributed by atoms with van der Waals surface area (Å²) in [5, 5.41) is 3.87. The molecule has 12 heteroatoms. The van der Waals surface area contributed by atoms with Crippen LogP contribution in [0.3, 0.4) is 0 Å². The van der Waals surface area contributed by atoms with E-state index in [1.807, 2.05) is 0 Å². The lowest BCUT2D eigenvalue weighted by Gasteiger charge is -2.26. The average molecular weight is 383 g/mol. The molecule has 0 spiro atoms. The monoisotopic (exact) mass is 383 g/mol. The van der Waals surface area contributed by atoms with Gasteiger partial charge >= 0.3 is 12.1 Å². The van der Waals surface area contributed by atoms with E-state index in [0.717, 1.165) is 6.33 Å². The minimum Gasteiger partial charge on any atom is -0.471 e. The summed E-state index contributed by atoms with van der Waals surface area (Å²) in [6.07, 6.45) is -6.60. The Bertz CT molecular complexity index is 741. The van der Waals surface area contributed by atoms with Crippen LogP contribution in [-0.4, -0.2) is 49.6 Å². The highest BCUT2D eigenvalue weighted by Crippen LogP contribution is 2.37. The zero-order chi connectivity index (χ0) is 19.8. The van der Waals surface area contributed by atoms with E-state index in [1.54, 1.807) is 20.8 Å². The number of rotatable bonds is 5. The first kappa shape index (κ1) is 19.9. The third kappa shape index (κ3) is 4.22. The molecule has 144 valence electrons. The minimum absolute atomic E-state index is 0.149. The van der Waals surface area contributed by atoms with Gasteiger partial charge in [-0.3, -0.25) is 0 Å². The van der Waals surface area contributed by atoms with Crippen LogP contribution >= 0.6 is 0 Å². The lowest BCUT2D eigenvalue weighted by molar-refractivity contribution is -0.250. The highest BCUT2D eigenvalue weighted by Gasteiger charge is 2.57. The van der Waals surface area contributed by atoms with Gasteiger partial charge < -0.3 is 4.74 Å². The lowest BCUT2D eigenvalue weighted by atomic mass is 9.87. The molecule has 0 saturated carbocycles. The zero-order valence-electron chi connectivity index (χ0n) is 13.9. The van der Waals surface area contributed by atoms with E-state index in [0.29, 0.717) is 0 Å². The number of alkyl halides is 6. The molecule has 0 aliphatic heterocycles. The van der Waals surface area contributed by atoms with E-state index in [4.69, 9.17) is 4.74 Å². The summed E-state index contributed by atoms with van der Waals surface area (Å²) in [7, 11) is 0. The standard InChI is InChI=1S/C14H15F6N5O/c1-12(2,3)8-9(25-7-21-5-24-25)22-6-23-10(8)26-4-13(16,17)11(15)14(18,19)20/h5-7,11H,4H2,1-3H3. The van der Waals surface area contributed by atoms with Crippen LogP contribution in [0.5, 0.6) is 5.88 Å². The van der Waals surface area contributed by atoms with Crippen molar-refractivity contribution in [2.24, 2.45) is 0 Å². The summed E-state index contributed by atoms with van der Waals surface area (Å²) in [5.41, 5.74) is -0.560. The Balaban J connectivity index is 2.37. The second-order valence-electron chi connectivity index (χ2n) is 6.42. The van der Waals surface area contributed by atoms with Crippen LogP contribution in [0.1, 0.15) is 26.3 Å². The molecule has 2 heterocycles. The molecule has 2 aromatic heterocycles. The maximum absolute atomic E-state index is 13.5. The Kier molecular flexibility index (Phi) is 5.15. The number of aromatic nitrogens is 5. The Morgan fingerprint density at radius 2 is 1.73 bits per heavy atom. The predicted octanol–water partition coefficient (Wildman–Crippen LogP) is 3.27. The quantitative estimate of drug-likeness (QED) is 0.742. The van der Waals surface area contributed by atoms with Crippen molar-refractivity contribution in [2.45, 2.75) is 44.5 Å². The molecule has 0 amide bonds. The molecular weight excluding hydrogens is 368 g/mol. The smallest absolute Gasteiger partial charge is 0.425 e. The normalized spacial score (nSPS) is 14.3. The van der Waals surface area contributed by atoms with Crippen molar-refractivity contribution in [2.75, 3.05) is 6.61 Å². The number of ether oxygens (including phenoxy) is 1. The topological polar surface area (TPSA) is 65.7 Å². The third-order valence-corrected chi connectivity index (χ3v) is 3.24. The summed E-state index contributed by atoms with van der Waals surface area (Å²) >= 11 is 0. The van der Waals surface area contributed by atoms with Crippen LogP contribution in [0.2, 0.25) is 0 Å². The molecule has 6 nitrogen and oxygen atoms in total. The fourth-order valence-corrected chi connectivity index (χ4v) is 2.09. The van der Waals surface area contributed by atoms with Crippen molar-refractivity contribution in [3.63, 3.8) is 0 Å². The molecule has 0 N–H and O–H groups in total. The maximum Gasteiger partial charge on any atom is 0.425 e. The molecule has 0 radical (unpaired) electrons. The van der Waals surface area contributed by atoms with Crippen LogP contribution in [0.15, 0.2) is 19.0 Å². The molecule has 1 unspecified atom stereocenters. The second-order valence-corrected chi connectivity index (χ2v) is 6.42. The molecule has 2 rings (SSSR count). The summed E-state index contributed by atoms with van der Waals surface area (Å²) in [5.74, 6) is -5.03. The molecule has 26 heavy (non-hydrogen) atoms. The van der Waals surface area contributed by atoms with Crippen LogP contribution in [0.25, 0.3) is 5.82 Å². The number of hydrogen-bond acceptors (Lipinski definition) is 5. The van der Waals surface area contributed by atoms with Crippen molar-refractivity contribution in [1.82, 2.24) is 24.7 Å². The van der Waals surface area contributed by atoms with Crippen LogP contribution in [0, 0.1) is 0 Å². The lowest BCUT2D eigenvalue weighted by Crippen LogP contribution is -2.45. The first-order chi connectivity index (χ1) is 11.8. The maximum atomic E-state index is 13.5. The molecule has 2 aromatic rings. The number of hydrogen-bond donors (Lipinski definition) is 0. The molecular formula is C14H15F6N5O. The third-order valence-electron chi connectivity index (χ3n) is 3.24. The van der Waals surface area contributed by atoms with E-state index in [2.05, 4.69) is 20.1 Å². The highest BCUT2D eigenvalue weighted by atomic mass is 19.4. The zero-order valence-corrected chi connectivity index (χ0v) is 13.9. The Hall–Kier alpha value is -2.40. The van der Waals surface area contributed by atoms with E-state index < -0.39 is 36.2 Å². The molecule has 0 aliphatic carbocycles. The Morgan fingerprint density at radius 1 is 1.08 bits per heavy atom. The van der Waals surface area contributed by atoms with Gasteiger partial charge in [0.05, 0.1) is 5.56 Å². The summed E-state index contributed by atoms with van der Waals surface area (Å²) < 4.78 is 82.7. The highest BCUT2D eigenvalue weighted by molar-refractivity contribution is 5.44.